The van der Waals surface area contributed by atoms with Crippen LogP contribution in [0.25, 0.3) is 0 Å². The molecule has 0 aromatic heterocycles. The summed E-state index contributed by atoms with van der Waals surface area (Å²) >= 11 is 0. The number of aryl methyl sites for hydroxylation is 2. The van der Waals surface area contributed by atoms with Crippen LogP contribution in [0.2, 0.25) is 0 Å². The fourth-order valence-corrected chi connectivity index (χ4v) is 1.23. The molecule has 1 heteroatoms. The number of rotatable bonds is 2. The van der Waals surface area contributed by atoms with Crippen molar-refractivity contribution in [3.05, 3.63) is 34.9 Å². The van der Waals surface area contributed by atoms with Gasteiger partial charge in [0.15, 0.2) is 0 Å². The Morgan fingerprint density at radius 1 is 1.45 bits per heavy atom. The summed E-state index contributed by atoms with van der Waals surface area (Å²) in [7, 11) is 0. The zero-order chi connectivity index (χ0) is 40.3. The third kappa shape index (κ3) is 2.05. The lowest BCUT2D eigenvalue weighted by molar-refractivity contribution is 0.955. The molecule has 1 rings (SSSR count). The van der Waals surface area contributed by atoms with Gasteiger partial charge in [0, 0.05) is 47.5 Å². The first-order valence-corrected chi connectivity index (χ1v) is 4.00. The summed E-state index contributed by atoms with van der Waals surface area (Å²) in [6.07, 6.45) is 0.994. The van der Waals surface area contributed by atoms with Crippen LogP contribution in [0.15, 0.2) is 18.2 Å². The number of hydrogen-bond acceptors (Lipinski definition) is 1. The fraction of sp³-hybridized carbons (Fsp3) is 0.400. The minimum Gasteiger partial charge on any atom is -0.330 e. The maximum atomic E-state index is 5.48. The molecule has 0 saturated carbocycles. The largest absolute Gasteiger partial charge is 0.330 e. The smallest absolute Gasteiger partial charge is 0 e. The van der Waals surface area contributed by atoms with Gasteiger partial charge in [-0.3, -0.25) is 0 Å². The average Bonchev–Trinajstić information content (AvgIpc) is 3.20. The lowest BCUT2D eigenvalue weighted by Crippen LogP contribution is -2.04. The predicted molar refractivity (Wildman–Crippen MR) is 82.5 cm³/mol. The second-order valence-electron chi connectivity index (χ2n) is 2.97. The van der Waals surface area contributed by atoms with Crippen molar-refractivity contribution in [3.63, 3.8) is 0 Å². The lowest BCUT2D eigenvalue weighted by atomic mass is 10.0. The summed E-state index contributed by atoms with van der Waals surface area (Å²) < 4.78 is 160. The van der Waals surface area contributed by atoms with Crippen molar-refractivity contribution in [2.24, 2.45) is 5.73 Å². The van der Waals surface area contributed by atoms with Crippen molar-refractivity contribution in [3.8, 4) is 0 Å². The molecule has 2 N–H and O–H groups in total. The van der Waals surface area contributed by atoms with Gasteiger partial charge in [-0.1, -0.05) is 23.8 Å². The monoisotopic (exact) mass is 214 g/mol. The summed E-state index contributed by atoms with van der Waals surface area (Å²) in [6, 6.07) is 6.50. The molecule has 0 spiro atoms. The van der Waals surface area contributed by atoms with Crippen molar-refractivity contribution < 1.29 is 47.5 Å². The Morgan fingerprint density at radius 2 is 2.18 bits per heavy atom. The number of nitrogens with two attached hydrogens (primary N) is 1. The van der Waals surface area contributed by atoms with Gasteiger partial charge < -0.3 is 5.73 Å². The maximum Gasteiger partial charge on any atom is 0 e. The van der Waals surface area contributed by atoms with Gasteiger partial charge in [-0.05, 0) is 37.9 Å². The lowest BCUT2D eigenvalue weighted by Gasteiger charge is -2.04. The molecule has 0 radical (unpaired) electrons. The van der Waals surface area contributed by atoms with Crippen molar-refractivity contribution in [2.75, 3.05) is 6.54 Å². The first kappa shape index (κ1) is 1.25. The third-order valence-corrected chi connectivity index (χ3v) is 1.92. The van der Waals surface area contributed by atoms with Gasteiger partial charge in [-0.25, -0.2) is 0 Å². The summed E-state index contributed by atoms with van der Waals surface area (Å²) in [5, 5.41) is 0. The maximum absolute atomic E-state index is 5.48. The Bertz CT molecular complexity index is 276. The molecule has 11 heavy (non-hydrogen) atoms. The highest BCUT2D eigenvalue weighted by molar-refractivity contribution is 5.30. The van der Waals surface area contributed by atoms with E-state index < -0.39 is 0 Å². The van der Waals surface area contributed by atoms with E-state index in [2.05, 4.69) is 32.0 Å². The van der Waals surface area contributed by atoms with Crippen LogP contribution in [0, 0.1) is 13.8 Å². The number of hydrogen-bond donors (Lipinski definition) is 1. The summed E-state index contributed by atoms with van der Waals surface area (Å²) in [4.78, 5) is 0. The Kier molecular flexibility index (Phi) is 0.402. The van der Waals surface area contributed by atoms with Crippen LogP contribution in [0.4, 0.5) is 0 Å². The van der Waals surface area contributed by atoms with Crippen LogP contribution in [-0.4, -0.2) is 6.54 Å². The molecule has 1 aromatic carbocycles. The number of benzene rings is 1. The highest BCUT2D eigenvalue weighted by Crippen LogP contribution is 2.10. The van der Waals surface area contributed by atoms with E-state index in [-0.39, 0.29) is 0 Å². The van der Waals surface area contributed by atoms with E-state index in [1.54, 1.807) is 0 Å². The molecule has 92 valence electrons. The molecule has 1 nitrogen and oxygen atoms in total. The van der Waals surface area contributed by atoms with Crippen molar-refractivity contribution >= 4 is 0 Å². The van der Waals surface area contributed by atoms with Crippen LogP contribution in [-0.2, 0) is 6.42 Å². The Morgan fingerprint density at radius 3 is 2.82 bits per heavy atom. The van der Waals surface area contributed by atoms with Gasteiger partial charge in [-0.15, -0.1) is 0 Å². The first-order chi connectivity index (χ1) is 21.2. The minimum atomic E-state index is 0.740. The molecule has 0 aliphatic carbocycles. The second kappa shape index (κ2) is 3.54. The van der Waals surface area contributed by atoms with Crippen molar-refractivity contribution in [2.45, 2.75) is 20.3 Å². The molecule has 1 aromatic rings. The van der Waals surface area contributed by atoms with Crippen LogP contribution >= 0.6 is 0 Å². The Balaban J connectivity index is -0.0000000142. The Labute approximate surface area is 118 Å². The van der Waals surface area contributed by atoms with E-state index in [4.69, 9.17) is 53.2 Å². The van der Waals surface area contributed by atoms with Gasteiger partial charge in [-0.2, -0.15) is 0 Å². The molecular weight excluding hydrogens is 134 g/mol. The quantitative estimate of drug-likeness (QED) is 0.666. The van der Waals surface area contributed by atoms with Crippen LogP contribution < -0.4 is 5.73 Å². The molecule has 0 saturated heterocycles. The second-order valence-corrected chi connectivity index (χ2v) is 2.97. The van der Waals surface area contributed by atoms with Gasteiger partial charge in [0.1, 0.15) is 0 Å². The molecule has 0 aliphatic heterocycles. The van der Waals surface area contributed by atoms with Crippen molar-refractivity contribution in [1.82, 2.24) is 0 Å². The van der Waals surface area contributed by atoms with E-state index in [9.17, 15) is 0 Å². The van der Waals surface area contributed by atoms with E-state index >= 15 is 0 Å². The van der Waals surface area contributed by atoms with E-state index in [1.807, 2.05) is 0 Å². The van der Waals surface area contributed by atoms with Crippen LogP contribution in [0.1, 0.15) is 64.2 Å². The standard InChI is InChI=1S/C10H15N.16H2/c1-8-3-4-9(2)10(7-8)5-6-11;;;;;;;;;;;;;;;;/h3-4,7H,5-6,11H2,1-2H3;16*1H/i;16*1+1D. The molecule has 0 bridgehead atoms. The third-order valence-electron chi connectivity index (χ3n) is 1.92. The fourth-order valence-electron chi connectivity index (χ4n) is 1.23. The predicted octanol–water partition coefficient (Wildman–Crippen LogP) is 5.74. The van der Waals surface area contributed by atoms with Crippen LogP contribution in [0.5, 0.6) is 0 Å². The molecular formula is C10H47N. The average molecular weight is 214 g/mol. The van der Waals surface area contributed by atoms with E-state index in [0.29, 0.717) is 0 Å². The zero-order valence-electron chi connectivity index (χ0n) is 39.2. The van der Waals surface area contributed by atoms with Gasteiger partial charge in [0.05, 0.1) is 0 Å². The van der Waals surface area contributed by atoms with E-state index in [1.165, 1.54) is 16.7 Å². The van der Waals surface area contributed by atoms with E-state index in [0.717, 1.165) is 13.0 Å². The molecule has 0 amide bonds. The minimum absolute atomic E-state index is 0.740. The van der Waals surface area contributed by atoms with Crippen LogP contribution in [0.3, 0.4) is 0 Å². The summed E-state index contributed by atoms with van der Waals surface area (Å²) in [5.41, 5.74) is 9.53. The molecule has 0 unspecified atom stereocenters. The highest BCUT2D eigenvalue weighted by Gasteiger charge is 1.95. The molecule has 0 atom stereocenters. The highest BCUT2D eigenvalue weighted by atomic mass is 14.5. The first-order valence-electron chi connectivity index (χ1n) is 20.0. The zero-order valence-corrected chi connectivity index (χ0v) is 7.22. The molecule has 0 heterocycles. The van der Waals surface area contributed by atoms with Crippen molar-refractivity contribution in [1.29, 1.82) is 0 Å². The topological polar surface area (TPSA) is 26.0 Å². The SMILES string of the molecule is Cc1ccc(C)c(CCN)c1.[2H][2H].[2H][2H].[2H][2H].[2H][2H].[2H][2H].[2H][2H].[2H][2H].[2H][2H].[2H][2H].[2H][2H].[2H][2H].[2H][2H].[2H][2H].[2H][2H].[2H][2H].[2H][2H]. The summed E-state index contributed by atoms with van der Waals surface area (Å²) in [5.74, 6) is 0. The molecule has 0 fully saturated rings. The van der Waals surface area contributed by atoms with Gasteiger partial charge in [0.2, 0.25) is 0 Å². The van der Waals surface area contributed by atoms with Gasteiger partial charge in [0.25, 0.3) is 0 Å². The summed E-state index contributed by atoms with van der Waals surface area (Å²) in [6.45, 7) is 4.98. The normalized spacial score (nSPS) is 21.7. The molecule has 0 aliphatic rings. The van der Waals surface area contributed by atoms with Gasteiger partial charge >= 0.3 is 0 Å². The Hall–Kier alpha value is -0.820.